The lowest BCUT2D eigenvalue weighted by Crippen LogP contribution is -2.29. The van der Waals surface area contributed by atoms with Crippen LogP contribution in [0.5, 0.6) is 5.75 Å². The average molecular weight is 321 g/mol. The zero-order valence-corrected chi connectivity index (χ0v) is 12.6. The van der Waals surface area contributed by atoms with E-state index in [4.69, 9.17) is 10.5 Å². The van der Waals surface area contributed by atoms with E-state index >= 15 is 0 Å². The van der Waals surface area contributed by atoms with Crippen molar-refractivity contribution in [2.45, 2.75) is 26.0 Å². The van der Waals surface area contributed by atoms with Gasteiger partial charge in [-0.15, -0.1) is 0 Å². The van der Waals surface area contributed by atoms with Crippen LogP contribution in [0.3, 0.4) is 0 Å². The number of aryl methyl sites for hydroxylation is 1. The number of hydrogen-bond acceptors (Lipinski definition) is 3. The standard InChI is InChI=1S/C15H17BrN2O/c1-10-9-13(3-4-14(10)16)19-15(11(2)17)12-5-7-18-8-6-12/h3-9,11,15H,17H2,1-2H3. The summed E-state index contributed by atoms with van der Waals surface area (Å²) in [4.78, 5) is 4.02. The van der Waals surface area contributed by atoms with Crippen molar-refractivity contribution in [2.75, 3.05) is 0 Å². The molecule has 0 bridgehead atoms. The minimum atomic E-state index is -0.177. The van der Waals surface area contributed by atoms with Crippen molar-refractivity contribution in [1.29, 1.82) is 0 Å². The lowest BCUT2D eigenvalue weighted by molar-refractivity contribution is 0.180. The molecule has 0 fully saturated rings. The molecule has 0 radical (unpaired) electrons. The average Bonchev–Trinajstić information content (AvgIpc) is 2.40. The Morgan fingerprint density at radius 2 is 1.89 bits per heavy atom. The van der Waals surface area contributed by atoms with E-state index in [0.29, 0.717) is 0 Å². The number of pyridine rings is 1. The minimum Gasteiger partial charge on any atom is -0.484 e. The molecule has 2 unspecified atom stereocenters. The van der Waals surface area contributed by atoms with Gasteiger partial charge in [-0.05, 0) is 55.3 Å². The predicted octanol–water partition coefficient (Wildman–Crippen LogP) is 3.62. The maximum Gasteiger partial charge on any atom is 0.139 e. The van der Waals surface area contributed by atoms with Crippen molar-refractivity contribution >= 4 is 15.9 Å². The van der Waals surface area contributed by atoms with E-state index in [-0.39, 0.29) is 12.1 Å². The highest BCUT2D eigenvalue weighted by Gasteiger charge is 2.18. The first-order valence-corrected chi connectivity index (χ1v) is 6.95. The maximum absolute atomic E-state index is 6.03. The molecule has 0 aliphatic rings. The molecular weight excluding hydrogens is 304 g/mol. The van der Waals surface area contributed by atoms with E-state index < -0.39 is 0 Å². The van der Waals surface area contributed by atoms with Gasteiger partial charge in [0, 0.05) is 22.9 Å². The normalized spacial score (nSPS) is 13.9. The van der Waals surface area contributed by atoms with Crippen LogP contribution in [-0.2, 0) is 0 Å². The van der Waals surface area contributed by atoms with Crippen molar-refractivity contribution < 1.29 is 4.74 Å². The Morgan fingerprint density at radius 3 is 2.47 bits per heavy atom. The van der Waals surface area contributed by atoms with E-state index in [2.05, 4.69) is 20.9 Å². The molecule has 0 spiro atoms. The fraction of sp³-hybridized carbons (Fsp3) is 0.267. The van der Waals surface area contributed by atoms with Crippen LogP contribution in [0.1, 0.15) is 24.2 Å². The summed E-state index contributed by atoms with van der Waals surface area (Å²) in [7, 11) is 0. The van der Waals surface area contributed by atoms with Gasteiger partial charge in [0.1, 0.15) is 11.9 Å². The number of hydrogen-bond donors (Lipinski definition) is 1. The Balaban J connectivity index is 2.24. The lowest BCUT2D eigenvalue weighted by Gasteiger charge is -2.23. The predicted molar refractivity (Wildman–Crippen MR) is 80.1 cm³/mol. The van der Waals surface area contributed by atoms with Gasteiger partial charge in [-0.25, -0.2) is 0 Å². The Bertz CT molecular complexity index is 543. The Morgan fingerprint density at radius 1 is 1.21 bits per heavy atom. The van der Waals surface area contributed by atoms with Crippen molar-refractivity contribution in [2.24, 2.45) is 5.73 Å². The Hall–Kier alpha value is -1.39. The number of rotatable bonds is 4. The highest BCUT2D eigenvalue weighted by molar-refractivity contribution is 9.10. The van der Waals surface area contributed by atoms with Gasteiger partial charge in [0.2, 0.25) is 0 Å². The molecule has 0 saturated heterocycles. The molecule has 19 heavy (non-hydrogen) atoms. The number of benzene rings is 1. The molecule has 0 aliphatic carbocycles. The third-order valence-corrected chi connectivity index (χ3v) is 3.79. The SMILES string of the molecule is Cc1cc(OC(c2ccncc2)C(C)N)ccc1Br. The van der Waals surface area contributed by atoms with Crippen LogP contribution in [0.15, 0.2) is 47.2 Å². The molecule has 0 saturated carbocycles. The molecular formula is C15H17BrN2O. The van der Waals surface area contributed by atoms with Gasteiger partial charge in [0.15, 0.2) is 0 Å². The molecule has 1 aromatic heterocycles. The van der Waals surface area contributed by atoms with Gasteiger partial charge in [0.05, 0.1) is 0 Å². The monoisotopic (exact) mass is 320 g/mol. The highest BCUT2D eigenvalue weighted by Crippen LogP contribution is 2.27. The zero-order chi connectivity index (χ0) is 13.8. The van der Waals surface area contributed by atoms with Gasteiger partial charge in [-0.1, -0.05) is 15.9 Å². The van der Waals surface area contributed by atoms with Gasteiger partial charge in [-0.3, -0.25) is 4.98 Å². The first-order valence-electron chi connectivity index (χ1n) is 6.16. The molecule has 1 aromatic carbocycles. The maximum atomic E-state index is 6.03. The number of aromatic nitrogens is 1. The third-order valence-electron chi connectivity index (χ3n) is 2.90. The Labute approximate surface area is 121 Å². The summed E-state index contributed by atoms with van der Waals surface area (Å²) >= 11 is 3.48. The molecule has 2 aromatic rings. The van der Waals surface area contributed by atoms with E-state index in [1.54, 1.807) is 12.4 Å². The van der Waals surface area contributed by atoms with Crippen LogP contribution in [-0.4, -0.2) is 11.0 Å². The van der Waals surface area contributed by atoms with Crippen LogP contribution in [0, 0.1) is 6.92 Å². The minimum absolute atomic E-state index is 0.105. The summed E-state index contributed by atoms with van der Waals surface area (Å²) in [5.74, 6) is 0.819. The lowest BCUT2D eigenvalue weighted by atomic mass is 10.1. The van der Waals surface area contributed by atoms with Crippen LogP contribution < -0.4 is 10.5 Å². The molecule has 0 aliphatic heterocycles. The van der Waals surface area contributed by atoms with Gasteiger partial charge in [-0.2, -0.15) is 0 Å². The van der Waals surface area contributed by atoms with Crippen molar-refractivity contribution in [3.63, 3.8) is 0 Å². The molecule has 2 atom stereocenters. The summed E-state index contributed by atoms with van der Waals surface area (Å²) in [6.07, 6.45) is 3.32. The summed E-state index contributed by atoms with van der Waals surface area (Å²) in [5, 5.41) is 0. The number of halogens is 1. The summed E-state index contributed by atoms with van der Waals surface area (Å²) in [5.41, 5.74) is 8.20. The van der Waals surface area contributed by atoms with Crippen molar-refractivity contribution in [3.05, 3.63) is 58.3 Å². The second-order valence-corrected chi connectivity index (χ2v) is 5.44. The largest absolute Gasteiger partial charge is 0.484 e. The third kappa shape index (κ3) is 3.55. The van der Waals surface area contributed by atoms with Gasteiger partial charge >= 0.3 is 0 Å². The molecule has 1 heterocycles. The Kier molecular flexibility index (Phi) is 4.56. The summed E-state index contributed by atoms with van der Waals surface area (Å²) in [6.45, 7) is 3.97. The number of ether oxygens (including phenoxy) is 1. The second kappa shape index (κ2) is 6.17. The molecule has 100 valence electrons. The first kappa shape index (κ1) is 14.0. The van der Waals surface area contributed by atoms with Crippen molar-refractivity contribution in [1.82, 2.24) is 4.98 Å². The van der Waals surface area contributed by atoms with Crippen LogP contribution >= 0.6 is 15.9 Å². The van der Waals surface area contributed by atoms with E-state index in [1.807, 2.05) is 44.2 Å². The molecule has 0 amide bonds. The fourth-order valence-electron chi connectivity index (χ4n) is 1.87. The molecule has 2 N–H and O–H groups in total. The molecule has 2 rings (SSSR count). The van der Waals surface area contributed by atoms with E-state index in [1.165, 1.54) is 0 Å². The topological polar surface area (TPSA) is 48.1 Å². The van der Waals surface area contributed by atoms with Crippen LogP contribution in [0.2, 0.25) is 0 Å². The molecule has 4 heteroatoms. The van der Waals surface area contributed by atoms with E-state index in [9.17, 15) is 0 Å². The zero-order valence-electron chi connectivity index (χ0n) is 11.0. The van der Waals surface area contributed by atoms with Crippen LogP contribution in [0.25, 0.3) is 0 Å². The van der Waals surface area contributed by atoms with Crippen LogP contribution in [0.4, 0.5) is 0 Å². The summed E-state index contributed by atoms with van der Waals surface area (Å²) < 4.78 is 7.09. The molecule has 3 nitrogen and oxygen atoms in total. The second-order valence-electron chi connectivity index (χ2n) is 4.59. The summed E-state index contributed by atoms with van der Waals surface area (Å²) in [6, 6.07) is 9.68. The first-order chi connectivity index (χ1) is 9.08. The van der Waals surface area contributed by atoms with E-state index in [0.717, 1.165) is 21.3 Å². The van der Waals surface area contributed by atoms with Gasteiger partial charge < -0.3 is 10.5 Å². The smallest absolute Gasteiger partial charge is 0.139 e. The fourth-order valence-corrected chi connectivity index (χ4v) is 2.12. The van der Waals surface area contributed by atoms with Crippen molar-refractivity contribution in [3.8, 4) is 5.75 Å². The number of nitrogens with zero attached hydrogens (tertiary/aromatic N) is 1. The quantitative estimate of drug-likeness (QED) is 0.936. The highest BCUT2D eigenvalue weighted by atomic mass is 79.9. The van der Waals surface area contributed by atoms with Gasteiger partial charge in [0.25, 0.3) is 0 Å². The number of nitrogens with two attached hydrogens (primary N) is 1.